The summed E-state index contributed by atoms with van der Waals surface area (Å²) in [5.41, 5.74) is 5.77. The second kappa shape index (κ2) is 49.2. The zero-order valence-electron chi connectivity index (χ0n) is 94.0. The fraction of sp³-hybridized carbons (Fsp3) is 0.640. The van der Waals surface area contributed by atoms with E-state index in [0.29, 0.717) is 169 Å². The second-order valence-electron chi connectivity index (χ2n) is 50.2. The molecule has 10 aliphatic rings. The van der Waals surface area contributed by atoms with Crippen molar-refractivity contribution < 1.29 is 103 Å². The van der Waals surface area contributed by atoms with Gasteiger partial charge in [-0.05, 0) is 244 Å². The van der Waals surface area contributed by atoms with Crippen LogP contribution in [0.15, 0.2) is 94.6 Å². The number of benzene rings is 5. The molecule has 11 atom stereocenters. The summed E-state index contributed by atoms with van der Waals surface area (Å²) in [7, 11) is 0. The van der Waals surface area contributed by atoms with Crippen molar-refractivity contribution in [3.63, 3.8) is 0 Å². The number of hydrogen-bond donors (Lipinski definition) is 10. The Morgan fingerprint density at radius 3 is 0.993 bits per heavy atom. The Labute approximate surface area is 913 Å². The number of aliphatic hydroxyl groups is 1. The standard InChI is InChI=1S/C25H34Cl2O4.2C25H35ClO4.C25H35FO3.C25H36O5/c1-6-7-8-9-12-24(2,3)18-19(26)21(28)17-15-13-14(23(29)30)10-11-16(15)25(4,5)31-22(17)20(18)27;1-6-7-8-9-12-24(2,3)18-14-19-20(22(27)21(18)26)16-13-15(23(28)29)10-11-17(16)25(4,5)30-19;1-6-7-8-9-12-24(2,3)18-14-19(27)20-16-13-15(23(28)29)10-11-17(16)25(4,5)30-22(20)21(18)26;1-6-7-8-9-12-24(2,3)17-14-20(26)22-18-13-16(23(27)28)10-11-19(18)25(4,5)29-21(22)15-17;1-5-6-7-8-11-24(2,3)17-13-20(27)22-18-12-16(23(28)29)9-10-19(18)25(4,15-26)30-21(22)14-17/h10,15-16,28H,6-9,11-13H2,1-5H3,(H,29,30);2*10,14,16-17,27H,6-9,11-13H2,1-5H3,(H,28,29);10,14-15,18-19H,6-9,11-13H2,1-5H3,(H,27,28);9,13-14,18-19,26-27H,5-8,10-12,15H2,1-4H3,(H,28,29)/t15-,16-;2*16-,17-;18-,19-;18-,19-,25-/m11111/s1. The molecule has 150 heavy (non-hydrogen) atoms. The van der Waals surface area contributed by atoms with Crippen molar-refractivity contribution in [2.24, 2.45) is 29.6 Å². The molecule has 5 aromatic carbocycles. The zero-order chi connectivity index (χ0) is 111. The van der Waals surface area contributed by atoms with Gasteiger partial charge in [-0.25, -0.2) is 28.4 Å². The van der Waals surface area contributed by atoms with Crippen molar-refractivity contribution in [2.45, 2.75) is 476 Å². The lowest BCUT2D eigenvalue weighted by molar-refractivity contribution is -0.134. The van der Waals surface area contributed by atoms with Gasteiger partial charge in [0, 0.05) is 120 Å². The molecule has 0 spiro atoms. The summed E-state index contributed by atoms with van der Waals surface area (Å²) < 4.78 is 47.3. The van der Waals surface area contributed by atoms with Crippen LogP contribution in [-0.4, -0.2) is 116 Å². The van der Waals surface area contributed by atoms with E-state index in [4.69, 9.17) is 70.1 Å². The maximum Gasteiger partial charge on any atom is 0.331 e. The van der Waals surface area contributed by atoms with E-state index in [1.807, 2.05) is 72.7 Å². The smallest absolute Gasteiger partial charge is 0.331 e. The molecule has 0 bridgehead atoms. The lowest BCUT2D eigenvalue weighted by Crippen LogP contribution is -2.50. The molecule has 0 fully saturated rings. The number of fused-ring (bicyclic) bond motifs is 15. The van der Waals surface area contributed by atoms with Crippen LogP contribution in [0, 0.1) is 35.4 Å². The highest BCUT2D eigenvalue weighted by atomic mass is 35.5. The van der Waals surface area contributed by atoms with E-state index in [2.05, 4.69) is 118 Å². The first-order chi connectivity index (χ1) is 70.1. The molecule has 0 aromatic heterocycles. The number of carboxylic acids is 5. The number of carboxylic acid groups (broad SMARTS) is 5. The molecule has 0 unspecified atom stereocenters. The molecule has 5 aliphatic heterocycles. The summed E-state index contributed by atoms with van der Waals surface area (Å²) in [6.07, 6.45) is 41.9. The Balaban J connectivity index is 0.000000178. The largest absolute Gasteiger partial charge is 0.508 e. The normalized spacial score (nSPS) is 23.2. The highest BCUT2D eigenvalue weighted by Crippen LogP contribution is 2.65. The minimum absolute atomic E-state index is 0.0187. The minimum Gasteiger partial charge on any atom is -0.508 e. The summed E-state index contributed by atoms with van der Waals surface area (Å²) in [5, 5.41) is 104. The number of aliphatic hydroxyl groups excluding tert-OH is 1. The van der Waals surface area contributed by atoms with Gasteiger partial charge in [-0.1, -0.05) is 309 Å². The number of phenols is 4. The van der Waals surface area contributed by atoms with Crippen molar-refractivity contribution in [3.05, 3.63) is 176 Å². The predicted octanol–water partition coefficient (Wildman–Crippen LogP) is 33.6. The van der Waals surface area contributed by atoms with E-state index in [-0.39, 0.29) is 127 Å². The van der Waals surface area contributed by atoms with Gasteiger partial charge in [0.25, 0.3) is 0 Å². The van der Waals surface area contributed by atoms with Crippen molar-refractivity contribution in [1.82, 2.24) is 0 Å². The molecule has 5 heterocycles. The Kier molecular flexibility index (Phi) is 39.9. The van der Waals surface area contributed by atoms with E-state index < -0.39 is 57.9 Å². The molecular weight excluding hydrogens is 1980 g/mol. The van der Waals surface area contributed by atoms with E-state index >= 15 is 4.39 Å². The van der Waals surface area contributed by atoms with E-state index in [1.165, 1.54) is 89.9 Å². The van der Waals surface area contributed by atoms with Crippen LogP contribution in [0.5, 0.6) is 51.7 Å². The minimum atomic E-state index is -0.925. The highest BCUT2D eigenvalue weighted by Gasteiger charge is 2.56. The Bertz CT molecular complexity index is 5820. The molecule has 0 saturated carbocycles. The number of aromatic hydroxyl groups is 4. The van der Waals surface area contributed by atoms with Gasteiger partial charge in [-0.15, -0.1) is 0 Å². The zero-order valence-corrected chi connectivity index (χ0v) is 97.0. The first-order valence-electron chi connectivity index (χ1n) is 55.8. The number of hydrogen-bond acceptors (Lipinski definition) is 15. The van der Waals surface area contributed by atoms with Gasteiger partial charge in [0.1, 0.15) is 85.6 Å². The topological polar surface area (TPSA) is 334 Å². The number of unbranched alkanes of at least 4 members (excludes halogenated alkanes) is 15. The van der Waals surface area contributed by atoms with Crippen LogP contribution in [0.3, 0.4) is 0 Å². The molecule has 5 aliphatic carbocycles. The highest BCUT2D eigenvalue weighted by molar-refractivity contribution is 6.38. The molecular formula is C125H175Cl4FO20. The SMILES string of the molecule is CCCCCCC(C)(C)c1c(Cl)c(O)c2c(c1Cl)OC(C)(C)[C@@H]1CC=C(C(=O)O)C[C@@H]21.CCCCCCC(C)(C)c1cc(F)c2c(c1)OC(C)(C)[C@@H]1CC=C(C(=O)O)C[C@@H]21.CCCCCCC(C)(C)c1cc(O)c2c(c1)O[C@](C)(CO)[C@@H]1CC=C(C(=O)O)C[C@@H]21.CCCCCCC(C)(C)c1cc(O)c2c(c1Cl)OC(C)(C)[C@@H]1CC=C(C(=O)O)C[C@@H]21.CCCCCCC(C)(C)c1cc2c(c(O)c1Cl)[C@@H]1CC(C(=O)O)=CC[C@H]1C(C)(C)O2. The average Bonchev–Trinajstić information content (AvgIpc) is 0.722. The molecule has 5 aromatic rings. The van der Waals surface area contributed by atoms with Gasteiger partial charge in [0.2, 0.25) is 0 Å². The Morgan fingerprint density at radius 1 is 0.327 bits per heavy atom. The summed E-state index contributed by atoms with van der Waals surface area (Å²) >= 11 is 27.3. The summed E-state index contributed by atoms with van der Waals surface area (Å²) in [6, 6.07) is 11.3. The van der Waals surface area contributed by atoms with Gasteiger partial charge in [0.15, 0.2) is 0 Å². The Morgan fingerprint density at radius 2 is 0.620 bits per heavy atom. The van der Waals surface area contributed by atoms with Crippen molar-refractivity contribution in [1.29, 1.82) is 0 Å². The monoisotopic (exact) mass is 2160 g/mol. The fourth-order valence-corrected chi connectivity index (χ4v) is 27.7. The third-order valence-corrected chi connectivity index (χ3v) is 36.9. The fourth-order valence-electron chi connectivity index (χ4n) is 25.9. The number of phenolic OH excluding ortho intramolecular Hbond substituents is 4. The maximum atomic E-state index is 15.4. The lowest BCUT2D eigenvalue weighted by atomic mass is 9.66. The summed E-state index contributed by atoms with van der Waals surface area (Å²) in [5.74, 6) is -2.24. The van der Waals surface area contributed by atoms with Gasteiger partial charge in [-0.2, -0.15) is 0 Å². The first kappa shape index (κ1) is 122. The molecule has 0 saturated heterocycles. The predicted molar refractivity (Wildman–Crippen MR) is 599 cm³/mol. The molecule has 25 heteroatoms. The number of ether oxygens (including phenoxy) is 5. The number of rotatable bonds is 36. The van der Waals surface area contributed by atoms with Crippen molar-refractivity contribution in [2.75, 3.05) is 6.61 Å². The van der Waals surface area contributed by atoms with Crippen LogP contribution in [0.25, 0.3) is 0 Å². The summed E-state index contributed by atoms with van der Waals surface area (Å²) in [6.45, 7) is 50.5. The first-order valence-corrected chi connectivity index (χ1v) is 57.4. The van der Waals surface area contributed by atoms with Crippen LogP contribution in [0.2, 0.25) is 20.1 Å². The van der Waals surface area contributed by atoms with Crippen LogP contribution >= 0.6 is 46.4 Å². The molecule has 10 N–H and O–H groups in total. The van der Waals surface area contributed by atoms with E-state index in [1.54, 1.807) is 42.5 Å². The van der Waals surface area contributed by atoms with Crippen LogP contribution in [0.1, 0.15) is 476 Å². The Hall–Kier alpha value is -8.60. The third kappa shape index (κ3) is 26.8. The van der Waals surface area contributed by atoms with Crippen LogP contribution in [0.4, 0.5) is 4.39 Å². The summed E-state index contributed by atoms with van der Waals surface area (Å²) in [4.78, 5) is 57.9. The van der Waals surface area contributed by atoms with Gasteiger partial charge in [-0.3, -0.25) is 0 Å². The van der Waals surface area contributed by atoms with E-state index in [0.717, 1.165) is 92.9 Å². The number of halogens is 5. The number of allylic oxidation sites excluding steroid dienone is 5. The third-order valence-electron chi connectivity index (χ3n) is 35.4. The quantitative estimate of drug-likeness (QED) is 0.0167. The maximum absolute atomic E-state index is 15.4. The number of aliphatic carboxylic acids is 5. The van der Waals surface area contributed by atoms with Gasteiger partial charge >= 0.3 is 29.8 Å². The van der Waals surface area contributed by atoms with E-state index in [9.17, 15) is 75.0 Å². The molecule has 20 nitrogen and oxygen atoms in total. The van der Waals surface area contributed by atoms with Crippen LogP contribution < -0.4 is 23.7 Å². The second-order valence-corrected chi connectivity index (χ2v) is 51.7. The van der Waals surface area contributed by atoms with Gasteiger partial charge in [0.05, 0.1) is 26.7 Å². The number of carbonyl (C=O) groups is 5. The molecule has 830 valence electrons. The molecule has 15 rings (SSSR count). The average molecular weight is 2160 g/mol. The lowest BCUT2D eigenvalue weighted by Gasteiger charge is -2.48. The van der Waals surface area contributed by atoms with Gasteiger partial charge < -0.3 is 74.7 Å². The molecule has 0 radical (unpaired) electrons. The van der Waals surface area contributed by atoms with Crippen molar-refractivity contribution >= 4 is 76.3 Å². The van der Waals surface area contributed by atoms with Crippen LogP contribution in [-0.2, 0) is 51.0 Å². The molecule has 0 amide bonds. The van der Waals surface area contributed by atoms with Crippen molar-refractivity contribution in [3.8, 4) is 51.7 Å².